The van der Waals surface area contributed by atoms with Crippen LogP contribution in [0.3, 0.4) is 0 Å². The molecule has 16 heavy (non-hydrogen) atoms. The zero-order valence-electron chi connectivity index (χ0n) is 9.02. The van der Waals surface area contributed by atoms with Gasteiger partial charge >= 0.3 is 0 Å². The molecule has 84 valence electrons. The third-order valence-electron chi connectivity index (χ3n) is 2.31. The number of hydrogen-bond donors (Lipinski definition) is 1. The van der Waals surface area contributed by atoms with Gasteiger partial charge in [-0.25, -0.2) is 9.07 Å². The molecule has 0 saturated heterocycles. The van der Waals surface area contributed by atoms with Crippen LogP contribution in [0.4, 0.5) is 10.3 Å². The van der Waals surface area contributed by atoms with Crippen molar-refractivity contribution in [1.82, 2.24) is 14.8 Å². The summed E-state index contributed by atoms with van der Waals surface area (Å²) in [7, 11) is 0. The highest BCUT2D eigenvalue weighted by atomic mass is 19.1. The molecule has 0 aliphatic carbocycles. The number of rotatable bonds is 3. The molecule has 0 aliphatic heterocycles. The molecule has 0 fully saturated rings. The van der Waals surface area contributed by atoms with E-state index in [1.807, 2.05) is 6.92 Å². The Morgan fingerprint density at radius 3 is 2.56 bits per heavy atom. The van der Waals surface area contributed by atoms with Crippen LogP contribution < -0.4 is 5.73 Å². The predicted octanol–water partition coefficient (Wildman–Crippen LogP) is 1.61. The van der Waals surface area contributed by atoms with Crippen molar-refractivity contribution in [2.75, 3.05) is 5.73 Å². The highest BCUT2D eigenvalue weighted by molar-refractivity contribution is 5.21. The van der Waals surface area contributed by atoms with E-state index in [2.05, 4.69) is 10.1 Å². The summed E-state index contributed by atoms with van der Waals surface area (Å²) < 4.78 is 14.3. The normalized spacial score (nSPS) is 10.6. The zero-order chi connectivity index (χ0) is 11.5. The lowest BCUT2D eigenvalue weighted by molar-refractivity contribution is 0.624. The third-order valence-corrected chi connectivity index (χ3v) is 2.31. The van der Waals surface area contributed by atoms with Crippen LogP contribution in [0.2, 0.25) is 0 Å². The number of nitrogens with zero attached hydrogens (tertiary/aromatic N) is 3. The summed E-state index contributed by atoms with van der Waals surface area (Å²) in [5, 5.41) is 4.23. The second-order valence-corrected chi connectivity index (χ2v) is 3.52. The van der Waals surface area contributed by atoms with E-state index in [1.54, 1.807) is 16.8 Å². The van der Waals surface area contributed by atoms with Crippen LogP contribution in [0.1, 0.15) is 18.3 Å². The first-order chi connectivity index (χ1) is 7.69. The lowest BCUT2D eigenvalue weighted by atomic mass is 10.2. The van der Waals surface area contributed by atoms with Crippen LogP contribution in [-0.2, 0) is 13.0 Å². The molecule has 1 aromatic heterocycles. The molecule has 0 aliphatic rings. The Morgan fingerprint density at radius 1 is 1.31 bits per heavy atom. The van der Waals surface area contributed by atoms with Gasteiger partial charge in [0.1, 0.15) is 5.82 Å². The van der Waals surface area contributed by atoms with Crippen LogP contribution in [0, 0.1) is 5.82 Å². The van der Waals surface area contributed by atoms with E-state index in [9.17, 15) is 4.39 Å². The Balaban J connectivity index is 2.19. The molecule has 1 aromatic carbocycles. The molecule has 0 amide bonds. The lowest BCUT2D eigenvalue weighted by Crippen LogP contribution is -2.06. The number of aromatic nitrogens is 3. The Morgan fingerprint density at radius 2 is 2.00 bits per heavy atom. The first kappa shape index (κ1) is 10.6. The van der Waals surface area contributed by atoms with E-state index in [-0.39, 0.29) is 5.82 Å². The predicted molar refractivity (Wildman–Crippen MR) is 59.3 cm³/mol. The third kappa shape index (κ3) is 2.18. The summed E-state index contributed by atoms with van der Waals surface area (Å²) in [5.74, 6) is 0.866. The first-order valence-electron chi connectivity index (χ1n) is 5.12. The van der Waals surface area contributed by atoms with Crippen LogP contribution in [0.25, 0.3) is 0 Å². The minimum Gasteiger partial charge on any atom is -0.368 e. The Labute approximate surface area is 92.9 Å². The van der Waals surface area contributed by atoms with Crippen LogP contribution >= 0.6 is 0 Å². The summed E-state index contributed by atoms with van der Waals surface area (Å²) in [5.41, 5.74) is 6.66. The van der Waals surface area contributed by atoms with Crippen molar-refractivity contribution in [3.8, 4) is 0 Å². The van der Waals surface area contributed by atoms with E-state index in [4.69, 9.17) is 5.73 Å². The fourth-order valence-corrected chi connectivity index (χ4v) is 1.43. The van der Waals surface area contributed by atoms with Gasteiger partial charge in [-0.05, 0) is 17.7 Å². The number of aryl methyl sites for hydroxylation is 1. The van der Waals surface area contributed by atoms with Crippen molar-refractivity contribution >= 4 is 5.95 Å². The Kier molecular flexibility index (Phi) is 2.85. The average Bonchev–Trinajstić information content (AvgIpc) is 2.63. The second kappa shape index (κ2) is 4.30. The lowest BCUT2D eigenvalue weighted by Gasteiger charge is -2.02. The molecule has 0 atom stereocenters. The van der Waals surface area contributed by atoms with Gasteiger partial charge in [0, 0.05) is 6.42 Å². The van der Waals surface area contributed by atoms with Gasteiger partial charge in [-0.2, -0.15) is 10.1 Å². The van der Waals surface area contributed by atoms with E-state index < -0.39 is 0 Å². The number of anilines is 1. The van der Waals surface area contributed by atoms with E-state index in [1.165, 1.54) is 12.1 Å². The first-order valence-corrected chi connectivity index (χ1v) is 5.12. The van der Waals surface area contributed by atoms with Gasteiger partial charge in [0.2, 0.25) is 5.95 Å². The number of nitrogens with two attached hydrogens (primary N) is 1. The van der Waals surface area contributed by atoms with Gasteiger partial charge in [0.05, 0.1) is 6.54 Å². The monoisotopic (exact) mass is 220 g/mol. The maximum Gasteiger partial charge on any atom is 0.219 e. The highest BCUT2D eigenvalue weighted by Gasteiger charge is 2.05. The number of hydrogen-bond acceptors (Lipinski definition) is 3. The molecule has 0 unspecified atom stereocenters. The number of halogens is 1. The highest BCUT2D eigenvalue weighted by Crippen LogP contribution is 2.08. The van der Waals surface area contributed by atoms with Crippen LogP contribution in [0.5, 0.6) is 0 Å². The molecule has 0 saturated carbocycles. The van der Waals surface area contributed by atoms with E-state index in [0.29, 0.717) is 12.5 Å². The number of benzene rings is 1. The fourth-order valence-electron chi connectivity index (χ4n) is 1.43. The molecule has 0 bridgehead atoms. The van der Waals surface area contributed by atoms with Gasteiger partial charge in [0.15, 0.2) is 5.82 Å². The smallest absolute Gasteiger partial charge is 0.219 e. The summed E-state index contributed by atoms with van der Waals surface area (Å²) in [6, 6.07) is 6.26. The SMILES string of the molecule is CCc1nc(N)n(Cc2ccc(F)cc2)n1. The Bertz CT molecular complexity index is 475. The van der Waals surface area contributed by atoms with Crippen molar-refractivity contribution < 1.29 is 4.39 Å². The summed E-state index contributed by atoms with van der Waals surface area (Å²) in [6.45, 7) is 2.48. The van der Waals surface area contributed by atoms with Crippen molar-refractivity contribution in [2.24, 2.45) is 0 Å². The van der Waals surface area contributed by atoms with Crippen molar-refractivity contribution in [3.05, 3.63) is 41.5 Å². The Hall–Kier alpha value is -1.91. The van der Waals surface area contributed by atoms with Crippen molar-refractivity contribution in [1.29, 1.82) is 0 Å². The molecule has 2 aromatic rings. The number of nitrogen functional groups attached to an aromatic ring is 1. The topological polar surface area (TPSA) is 56.7 Å². The quantitative estimate of drug-likeness (QED) is 0.854. The van der Waals surface area contributed by atoms with Gasteiger partial charge in [-0.3, -0.25) is 0 Å². The summed E-state index contributed by atoms with van der Waals surface area (Å²) in [6.07, 6.45) is 0.751. The fraction of sp³-hybridized carbons (Fsp3) is 0.273. The van der Waals surface area contributed by atoms with Gasteiger partial charge < -0.3 is 5.73 Å². The molecule has 0 spiro atoms. The minimum absolute atomic E-state index is 0.246. The van der Waals surface area contributed by atoms with Crippen LogP contribution in [0.15, 0.2) is 24.3 Å². The summed E-state index contributed by atoms with van der Waals surface area (Å²) >= 11 is 0. The standard InChI is InChI=1S/C11H13FN4/c1-2-10-14-11(13)16(15-10)7-8-3-5-9(12)6-4-8/h3-6H,2,7H2,1H3,(H2,13,14,15). The molecule has 5 heteroatoms. The van der Waals surface area contributed by atoms with Crippen LogP contribution in [-0.4, -0.2) is 14.8 Å². The molecule has 0 radical (unpaired) electrons. The van der Waals surface area contributed by atoms with E-state index in [0.717, 1.165) is 17.8 Å². The average molecular weight is 220 g/mol. The van der Waals surface area contributed by atoms with Gasteiger partial charge in [-0.15, -0.1) is 0 Å². The molecule has 2 N–H and O–H groups in total. The second-order valence-electron chi connectivity index (χ2n) is 3.52. The van der Waals surface area contributed by atoms with Crippen molar-refractivity contribution in [3.63, 3.8) is 0 Å². The van der Waals surface area contributed by atoms with Crippen molar-refractivity contribution in [2.45, 2.75) is 19.9 Å². The largest absolute Gasteiger partial charge is 0.368 e. The molecule has 2 rings (SSSR count). The van der Waals surface area contributed by atoms with Gasteiger partial charge in [0.25, 0.3) is 0 Å². The van der Waals surface area contributed by atoms with Gasteiger partial charge in [-0.1, -0.05) is 19.1 Å². The minimum atomic E-state index is -0.246. The maximum atomic E-state index is 12.7. The molecule has 1 heterocycles. The maximum absolute atomic E-state index is 12.7. The zero-order valence-corrected chi connectivity index (χ0v) is 9.02. The molecular weight excluding hydrogens is 207 g/mol. The summed E-state index contributed by atoms with van der Waals surface area (Å²) in [4.78, 5) is 4.10. The molecular formula is C11H13FN4. The van der Waals surface area contributed by atoms with E-state index >= 15 is 0 Å². The molecule has 4 nitrogen and oxygen atoms in total.